The maximum absolute atomic E-state index is 12.7. The first-order valence-corrected chi connectivity index (χ1v) is 9.82. The number of thioether (sulfide) groups is 1. The van der Waals surface area contributed by atoms with Crippen molar-refractivity contribution in [1.29, 1.82) is 0 Å². The quantitative estimate of drug-likeness (QED) is 0.687. The van der Waals surface area contributed by atoms with Gasteiger partial charge < -0.3 is 10.1 Å². The van der Waals surface area contributed by atoms with Gasteiger partial charge in [0.2, 0.25) is 0 Å². The fourth-order valence-corrected chi connectivity index (χ4v) is 4.03. The van der Waals surface area contributed by atoms with Crippen molar-refractivity contribution in [1.82, 2.24) is 0 Å². The second-order valence-corrected chi connectivity index (χ2v) is 7.78. The molecule has 0 spiro atoms. The molecule has 2 aromatic rings. The minimum Gasteiger partial charge on any atom is -0.377 e. The summed E-state index contributed by atoms with van der Waals surface area (Å²) >= 11 is 5.17. The van der Waals surface area contributed by atoms with E-state index in [9.17, 15) is 4.79 Å². The number of aryl methyl sites for hydroxylation is 1. The standard InChI is InChI=1S/C19H20BrNO2S/c1-13-11-14(8-9-17(13)20)21-19(22)16-6-2-3-7-18(16)24-12-15-5-4-10-23-15/h2-3,6-9,11,15H,4-5,10,12H2,1H3,(H,21,22). The van der Waals surface area contributed by atoms with Gasteiger partial charge in [0.1, 0.15) is 0 Å². The molecule has 1 heterocycles. The van der Waals surface area contributed by atoms with Gasteiger partial charge in [-0.15, -0.1) is 11.8 Å². The molecule has 0 bridgehead atoms. The highest BCUT2D eigenvalue weighted by Gasteiger charge is 2.18. The highest BCUT2D eigenvalue weighted by atomic mass is 79.9. The maximum Gasteiger partial charge on any atom is 0.256 e. The van der Waals surface area contributed by atoms with Crippen molar-refractivity contribution in [2.45, 2.75) is 30.8 Å². The monoisotopic (exact) mass is 405 g/mol. The van der Waals surface area contributed by atoms with Gasteiger partial charge in [-0.25, -0.2) is 0 Å². The lowest BCUT2D eigenvalue weighted by molar-refractivity contribution is 0.102. The van der Waals surface area contributed by atoms with E-state index in [4.69, 9.17) is 4.74 Å². The van der Waals surface area contributed by atoms with Crippen LogP contribution in [-0.2, 0) is 4.74 Å². The zero-order valence-electron chi connectivity index (χ0n) is 13.5. The normalized spacial score (nSPS) is 17.0. The van der Waals surface area contributed by atoms with Crippen LogP contribution in [0.5, 0.6) is 0 Å². The molecular weight excluding hydrogens is 386 g/mol. The van der Waals surface area contributed by atoms with E-state index < -0.39 is 0 Å². The Morgan fingerprint density at radius 2 is 2.17 bits per heavy atom. The first-order chi connectivity index (χ1) is 11.6. The molecule has 0 radical (unpaired) electrons. The lowest BCUT2D eigenvalue weighted by Gasteiger charge is -2.13. The van der Waals surface area contributed by atoms with E-state index in [-0.39, 0.29) is 5.91 Å². The summed E-state index contributed by atoms with van der Waals surface area (Å²) in [7, 11) is 0. The largest absolute Gasteiger partial charge is 0.377 e. The van der Waals surface area contributed by atoms with Gasteiger partial charge in [0.15, 0.2) is 0 Å². The number of amides is 1. The molecule has 1 amide bonds. The summed E-state index contributed by atoms with van der Waals surface area (Å²) in [5, 5.41) is 2.99. The average Bonchev–Trinajstić information content (AvgIpc) is 3.10. The average molecular weight is 406 g/mol. The van der Waals surface area contributed by atoms with E-state index in [0.29, 0.717) is 11.7 Å². The number of benzene rings is 2. The molecule has 0 aliphatic carbocycles. The van der Waals surface area contributed by atoms with Crippen LogP contribution in [0.4, 0.5) is 5.69 Å². The maximum atomic E-state index is 12.7. The molecule has 0 aromatic heterocycles. The van der Waals surface area contributed by atoms with Crippen LogP contribution < -0.4 is 5.32 Å². The number of hydrogen-bond acceptors (Lipinski definition) is 3. The molecule has 1 aliphatic rings. The molecule has 2 aromatic carbocycles. The number of halogens is 1. The topological polar surface area (TPSA) is 38.3 Å². The second kappa shape index (κ2) is 8.19. The number of ether oxygens (including phenoxy) is 1. The molecule has 24 heavy (non-hydrogen) atoms. The van der Waals surface area contributed by atoms with E-state index in [1.807, 2.05) is 49.4 Å². The summed E-state index contributed by atoms with van der Waals surface area (Å²) in [6.45, 7) is 2.86. The van der Waals surface area contributed by atoms with Crippen molar-refractivity contribution in [3.05, 3.63) is 58.1 Å². The van der Waals surface area contributed by atoms with Gasteiger partial charge in [-0.3, -0.25) is 4.79 Å². The van der Waals surface area contributed by atoms with Gasteiger partial charge in [0.25, 0.3) is 5.91 Å². The molecule has 1 unspecified atom stereocenters. The lowest BCUT2D eigenvalue weighted by atomic mass is 10.2. The highest BCUT2D eigenvalue weighted by Crippen LogP contribution is 2.28. The van der Waals surface area contributed by atoms with Gasteiger partial charge in [-0.05, 0) is 55.7 Å². The number of hydrogen-bond donors (Lipinski definition) is 1. The van der Waals surface area contributed by atoms with Crippen molar-refractivity contribution < 1.29 is 9.53 Å². The van der Waals surface area contributed by atoms with Crippen molar-refractivity contribution in [3.8, 4) is 0 Å². The predicted molar refractivity (Wildman–Crippen MR) is 103 cm³/mol. The van der Waals surface area contributed by atoms with Crippen LogP contribution in [-0.4, -0.2) is 24.4 Å². The van der Waals surface area contributed by atoms with Gasteiger partial charge in [0, 0.05) is 27.4 Å². The van der Waals surface area contributed by atoms with Crippen LogP contribution in [0.2, 0.25) is 0 Å². The Labute approximate surface area is 155 Å². The van der Waals surface area contributed by atoms with Crippen LogP contribution in [0.1, 0.15) is 28.8 Å². The van der Waals surface area contributed by atoms with Crippen molar-refractivity contribution in [2.75, 3.05) is 17.7 Å². The Balaban J connectivity index is 1.70. The van der Waals surface area contributed by atoms with E-state index in [1.54, 1.807) is 11.8 Å². The summed E-state index contributed by atoms with van der Waals surface area (Å²) < 4.78 is 6.70. The fraction of sp³-hybridized carbons (Fsp3) is 0.316. The zero-order chi connectivity index (χ0) is 16.9. The number of rotatable bonds is 5. The highest BCUT2D eigenvalue weighted by molar-refractivity contribution is 9.10. The molecule has 1 atom stereocenters. The molecule has 1 aliphatic heterocycles. The molecule has 0 saturated carbocycles. The number of carbonyl (C=O) groups excluding carboxylic acids is 1. The van der Waals surface area contributed by atoms with Crippen molar-refractivity contribution in [2.24, 2.45) is 0 Å². The number of anilines is 1. The molecule has 1 N–H and O–H groups in total. The smallest absolute Gasteiger partial charge is 0.256 e. The van der Waals surface area contributed by atoms with Crippen LogP contribution in [0.3, 0.4) is 0 Å². The summed E-state index contributed by atoms with van der Waals surface area (Å²) in [4.78, 5) is 13.7. The summed E-state index contributed by atoms with van der Waals surface area (Å²) in [5.41, 5.74) is 2.61. The molecule has 3 rings (SSSR count). The Kier molecular flexibility index (Phi) is 5.98. The molecule has 3 nitrogen and oxygen atoms in total. The molecule has 1 fully saturated rings. The predicted octanol–water partition coefficient (Wildman–Crippen LogP) is 5.28. The first kappa shape index (κ1) is 17.5. The Bertz CT molecular complexity index is 729. The van der Waals surface area contributed by atoms with E-state index in [0.717, 1.165) is 45.8 Å². The fourth-order valence-electron chi connectivity index (χ4n) is 2.66. The zero-order valence-corrected chi connectivity index (χ0v) is 16.0. The van der Waals surface area contributed by atoms with Gasteiger partial charge in [-0.1, -0.05) is 28.1 Å². The SMILES string of the molecule is Cc1cc(NC(=O)c2ccccc2SCC2CCCO2)ccc1Br. The molecule has 5 heteroatoms. The molecule has 1 saturated heterocycles. The van der Waals surface area contributed by atoms with Crippen LogP contribution in [0.15, 0.2) is 51.8 Å². The molecule has 126 valence electrons. The Morgan fingerprint density at radius 1 is 1.33 bits per heavy atom. The van der Waals surface area contributed by atoms with Crippen LogP contribution in [0, 0.1) is 6.92 Å². The Morgan fingerprint density at radius 3 is 2.92 bits per heavy atom. The first-order valence-electron chi connectivity index (χ1n) is 8.04. The Hall–Kier alpha value is -1.30. The van der Waals surface area contributed by atoms with Crippen molar-refractivity contribution in [3.63, 3.8) is 0 Å². The van der Waals surface area contributed by atoms with E-state index in [1.165, 1.54) is 0 Å². The van der Waals surface area contributed by atoms with E-state index in [2.05, 4.69) is 21.2 Å². The second-order valence-electron chi connectivity index (χ2n) is 5.86. The minimum atomic E-state index is -0.0767. The van der Waals surface area contributed by atoms with Gasteiger partial charge in [-0.2, -0.15) is 0 Å². The number of nitrogens with one attached hydrogen (secondary N) is 1. The van der Waals surface area contributed by atoms with Gasteiger partial charge >= 0.3 is 0 Å². The van der Waals surface area contributed by atoms with Crippen LogP contribution in [0.25, 0.3) is 0 Å². The summed E-state index contributed by atoms with van der Waals surface area (Å²) in [6, 6.07) is 13.6. The van der Waals surface area contributed by atoms with Gasteiger partial charge in [0.05, 0.1) is 11.7 Å². The number of carbonyl (C=O) groups is 1. The van der Waals surface area contributed by atoms with E-state index >= 15 is 0 Å². The minimum absolute atomic E-state index is 0.0767. The lowest BCUT2D eigenvalue weighted by Crippen LogP contribution is -2.14. The molecular formula is C19H20BrNO2S. The van der Waals surface area contributed by atoms with Crippen molar-refractivity contribution >= 4 is 39.3 Å². The summed E-state index contributed by atoms with van der Waals surface area (Å²) in [5.74, 6) is 0.814. The third kappa shape index (κ3) is 4.41. The summed E-state index contributed by atoms with van der Waals surface area (Å²) in [6.07, 6.45) is 2.55. The third-order valence-corrected chi connectivity index (χ3v) is 6.09. The third-order valence-electron chi connectivity index (χ3n) is 4.00. The van der Waals surface area contributed by atoms with Crippen LogP contribution >= 0.6 is 27.7 Å².